The van der Waals surface area contributed by atoms with Crippen LogP contribution in [-0.2, 0) is 17.5 Å². The monoisotopic (exact) mass is 505 g/mol. The molecule has 0 saturated heterocycles. The van der Waals surface area contributed by atoms with E-state index in [2.05, 4.69) is 25.6 Å². The highest BCUT2D eigenvalue weighted by molar-refractivity contribution is 6.00. The summed E-state index contributed by atoms with van der Waals surface area (Å²) in [4.78, 5) is 37.0. The smallest absolute Gasteiger partial charge is 0.351 e. The molecule has 0 atom stereocenters. The molecule has 1 fully saturated rings. The number of carbonyl (C=O) groups excluding carboxylic acids is 2. The maximum atomic E-state index is 14.6. The van der Waals surface area contributed by atoms with Crippen molar-refractivity contribution in [1.82, 2.24) is 20.3 Å². The van der Waals surface area contributed by atoms with Gasteiger partial charge in [-0.3, -0.25) is 14.6 Å². The van der Waals surface area contributed by atoms with Gasteiger partial charge in [0.15, 0.2) is 5.78 Å². The van der Waals surface area contributed by atoms with E-state index in [1.807, 2.05) is 0 Å². The van der Waals surface area contributed by atoms with Crippen molar-refractivity contribution in [3.63, 3.8) is 0 Å². The fourth-order valence-corrected chi connectivity index (χ4v) is 3.63. The first kappa shape index (κ1) is 25.1. The Bertz CT molecular complexity index is 1310. The molecule has 3 aromatic rings. The van der Waals surface area contributed by atoms with Crippen LogP contribution < -0.4 is 10.6 Å². The summed E-state index contributed by atoms with van der Waals surface area (Å²) < 4.78 is 68.2. The number of para-hydroxylation sites is 1. The lowest BCUT2D eigenvalue weighted by atomic mass is 9.95. The van der Waals surface area contributed by atoms with Crippen LogP contribution in [0.5, 0.6) is 0 Å². The number of ketones is 1. The van der Waals surface area contributed by atoms with Gasteiger partial charge < -0.3 is 10.6 Å². The number of anilines is 2. The van der Waals surface area contributed by atoms with E-state index in [1.165, 1.54) is 12.4 Å². The van der Waals surface area contributed by atoms with Crippen LogP contribution in [0.1, 0.15) is 46.7 Å². The number of nitrogens with zero attached hydrogens (tertiary/aromatic N) is 3. The number of rotatable bonds is 8. The zero-order chi connectivity index (χ0) is 26.1. The molecule has 0 unspecified atom stereocenters. The van der Waals surface area contributed by atoms with Gasteiger partial charge in [0.05, 0.1) is 46.4 Å². The molecule has 2 aromatic heterocycles. The minimum Gasteiger partial charge on any atom is -0.351 e. The van der Waals surface area contributed by atoms with Crippen LogP contribution in [-0.4, -0.2) is 26.6 Å². The molecule has 36 heavy (non-hydrogen) atoms. The number of amides is 1. The van der Waals surface area contributed by atoms with E-state index in [0.29, 0.717) is 30.3 Å². The summed E-state index contributed by atoms with van der Waals surface area (Å²) in [5, 5.41) is 4.78. The Balaban J connectivity index is 1.40. The Labute approximate surface area is 202 Å². The minimum atomic E-state index is -4.83. The lowest BCUT2D eigenvalue weighted by molar-refractivity contribution is -0.137. The van der Waals surface area contributed by atoms with Crippen molar-refractivity contribution in [2.24, 2.45) is 5.41 Å². The molecule has 1 aliphatic rings. The van der Waals surface area contributed by atoms with E-state index in [1.54, 1.807) is 6.92 Å². The molecule has 2 N–H and O–H groups in total. The standard InChI is InChI=1S/C24H20F5N5O2/c1-13-30-9-14(10-31-13)20(35)8-23(5-6-23)22(36)33-12-19-18(26)7-15(11-32-19)34-21-16(24(27,28)29)3-2-4-17(21)25/h2-4,7,9-11,34H,5-6,8,12H2,1H3,(H,33,36). The van der Waals surface area contributed by atoms with E-state index in [0.717, 1.165) is 24.4 Å². The molecule has 0 radical (unpaired) electrons. The Morgan fingerprint density at radius 3 is 2.33 bits per heavy atom. The van der Waals surface area contributed by atoms with Gasteiger partial charge in [-0.2, -0.15) is 13.2 Å². The minimum absolute atomic E-state index is 0.0474. The van der Waals surface area contributed by atoms with Crippen molar-refractivity contribution in [1.29, 1.82) is 0 Å². The number of aryl methyl sites for hydroxylation is 1. The Morgan fingerprint density at radius 1 is 1.03 bits per heavy atom. The van der Waals surface area contributed by atoms with E-state index < -0.39 is 40.4 Å². The second kappa shape index (κ2) is 9.59. The second-order valence-electron chi connectivity index (χ2n) is 8.52. The predicted octanol–water partition coefficient (Wildman–Crippen LogP) is 4.89. The highest BCUT2D eigenvalue weighted by Crippen LogP contribution is 2.49. The van der Waals surface area contributed by atoms with Crippen LogP contribution in [0.25, 0.3) is 0 Å². The highest BCUT2D eigenvalue weighted by Gasteiger charge is 2.51. The van der Waals surface area contributed by atoms with Crippen LogP contribution in [0, 0.1) is 24.0 Å². The van der Waals surface area contributed by atoms with Gasteiger partial charge in [-0.05, 0) is 31.9 Å². The van der Waals surface area contributed by atoms with Gasteiger partial charge in [0, 0.05) is 24.9 Å². The topological polar surface area (TPSA) is 96.9 Å². The van der Waals surface area contributed by atoms with Gasteiger partial charge in [-0.1, -0.05) is 6.07 Å². The number of Topliss-reactive ketones (excluding diaryl/α,β-unsaturated/α-hetero) is 1. The highest BCUT2D eigenvalue weighted by atomic mass is 19.4. The summed E-state index contributed by atoms with van der Waals surface area (Å²) in [5.74, 6) is -2.29. The summed E-state index contributed by atoms with van der Waals surface area (Å²) in [6.45, 7) is 1.38. The maximum absolute atomic E-state index is 14.6. The van der Waals surface area contributed by atoms with Crippen LogP contribution in [0.4, 0.5) is 33.3 Å². The SMILES string of the molecule is Cc1ncc(C(=O)CC2(C(=O)NCc3ncc(Nc4c(F)cccc4C(F)(F)F)cc3F)CC2)cn1. The zero-order valence-electron chi connectivity index (χ0n) is 18.9. The van der Waals surface area contributed by atoms with Crippen LogP contribution in [0.2, 0.25) is 0 Å². The van der Waals surface area contributed by atoms with Crippen molar-refractivity contribution in [2.45, 2.75) is 38.9 Å². The van der Waals surface area contributed by atoms with Crippen molar-refractivity contribution in [2.75, 3.05) is 5.32 Å². The number of carbonyl (C=O) groups is 2. The largest absolute Gasteiger partial charge is 0.418 e. The lowest BCUT2D eigenvalue weighted by Crippen LogP contribution is -2.33. The quantitative estimate of drug-likeness (QED) is 0.334. The number of aromatic nitrogens is 3. The normalized spacial score (nSPS) is 14.3. The summed E-state index contributed by atoms with van der Waals surface area (Å²) in [5.41, 5.74) is -3.10. The van der Waals surface area contributed by atoms with Gasteiger partial charge in [-0.25, -0.2) is 18.7 Å². The average molecular weight is 505 g/mol. The van der Waals surface area contributed by atoms with Crippen molar-refractivity contribution >= 4 is 23.1 Å². The molecule has 1 aliphatic carbocycles. The fraction of sp³-hybridized carbons (Fsp3) is 0.292. The molecule has 0 bridgehead atoms. The number of alkyl halides is 3. The lowest BCUT2D eigenvalue weighted by Gasteiger charge is -2.16. The van der Waals surface area contributed by atoms with Gasteiger partial charge in [0.1, 0.15) is 17.5 Å². The molecule has 0 aliphatic heterocycles. The molecule has 2 heterocycles. The van der Waals surface area contributed by atoms with Gasteiger partial charge >= 0.3 is 6.18 Å². The Kier molecular flexibility index (Phi) is 6.70. The van der Waals surface area contributed by atoms with Crippen molar-refractivity contribution in [3.05, 3.63) is 77.1 Å². The number of benzene rings is 1. The van der Waals surface area contributed by atoms with E-state index in [-0.39, 0.29) is 30.1 Å². The number of halogens is 5. The van der Waals surface area contributed by atoms with E-state index >= 15 is 0 Å². The number of nitrogens with one attached hydrogen (secondary N) is 2. The number of hydrogen-bond donors (Lipinski definition) is 2. The van der Waals surface area contributed by atoms with Crippen LogP contribution in [0.15, 0.2) is 42.9 Å². The van der Waals surface area contributed by atoms with Gasteiger partial charge in [0.2, 0.25) is 5.91 Å². The first-order valence-electron chi connectivity index (χ1n) is 10.9. The van der Waals surface area contributed by atoms with Crippen molar-refractivity contribution < 1.29 is 31.5 Å². The van der Waals surface area contributed by atoms with E-state index in [4.69, 9.17) is 0 Å². The summed E-state index contributed by atoms with van der Waals surface area (Å²) in [6, 6.07) is 3.32. The van der Waals surface area contributed by atoms with Crippen LogP contribution >= 0.6 is 0 Å². The number of hydrogen-bond acceptors (Lipinski definition) is 6. The molecule has 1 aromatic carbocycles. The fourth-order valence-electron chi connectivity index (χ4n) is 3.63. The summed E-state index contributed by atoms with van der Waals surface area (Å²) in [6.07, 6.45) is -0.0774. The molecule has 7 nitrogen and oxygen atoms in total. The second-order valence-corrected chi connectivity index (χ2v) is 8.52. The first-order valence-corrected chi connectivity index (χ1v) is 10.9. The number of pyridine rings is 1. The molecular formula is C24H20F5N5O2. The molecular weight excluding hydrogens is 485 g/mol. The molecule has 188 valence electrons. The molecule has 0 spiro atoms. The van der Waals surface area contributed by atoms with Crippen molar-refractivity contribution in [3.8, 4) is 0 Å². The summed E-state index contributed by atoms with van der Waals surface area (Å²) in [7, 11) is 0. The first-order chi connectivity index (χ1) is 17.0. The molecule has 4 rings (SSSR count). The van der Waals surface area contributed by atoms with E-state index in [9.17, 15) is 31.5 Å². The van der Waals surface area contributed by atoms with Gasteiger partial charge in [-0.15, -0.1) is 0 Å². The van der Waals surface area contributed by atoms with Crippen LogP contribution in [0.3, 0.4) is 0 Å². The molecule has 12 heteroatoms. The maximum Gasteiger partial charge on any atom is 0.418 e. The Morgan fingerprint density at radius 2 is 1.72 bits per heavy atom. The summed E-state index contributed by atoms with van der Waals surface area (Å²) >= 11 is 0. The van der Waals surface area contributed by atoms with Gasteiger partial charge in [0.25, 0.3) is 0 Å². The zero-order valence-corrected chi connectivity index (χ0v) is 18.9. The molecule has 1 saturated carbocycles. The third kappa shape index (κ3) is 5.47. The molecule has 1 amide bonds. The predicted molar refractivity (Wildman–Crippen MR) is 118 cm³/mol. The third-order valence-electron chi connectivity index (χ3n) is 5.86. The third-order valence-corrected chi connectivity index (χ3v) is 5.86. The average Bonchev–Trinajstić information content (AvgIpc) is 3.60. The Hall–Kier alpha value is -3.96.